The number of nitrogens with one attached hydrogen (secondary N) is 2. The van der Waals surface area contributed by atoms with Gasteiger partial charge >= 0.3 is 12.1 Å². The van der Waals surface area contributed by atoms with Crippen LogP contribution in [0.1, 0.15) is 25.3 Å². The Balaban J connectivity index is 1.72. The molecule has 2 atom stereocenters. The Kier molecular flexibility index (Phi) is 9.86. The third-order valence-corrected chi connectivity index (χ3v) is 5.47. The summed E-state index contributed by atoms with van der Waals surface area (Å²) in [4.78, 5) is 35.9. The lowest BCUT2D eigenvalue weighted by Crippen LogP contribution is -2.36. The minimum absolute atomic E-state index is 0.187. The van der Waals surface area contributed by atoms with Gasteiger partial charge in [-0.1, -0.05) is 42.5 Å². The monoisotopic (exact) mass is 445 g/mol. The fraction of sp³-hybridized carbons (Fsp3) is 0.318. The third-order valence-electron chi connectivity index (χ3n) is 4.31. The number of aliphatic carboxylic acids is 1. The number of rotatable bonds is 11. The van der Waals surface area contributed by atoms with Gasteiger partial charge in [-0.05, 0) is 37.5 Å². The highest BCUT2D eigenvalue weighted by Crippen LogP contribution is 2.30. The smallest absolute Gasteiger partial charge is 0.407 e. The molecule has 0 saturated heterocycles. The normalized spacial score (nSPS) is 12.5. The molecule has 0 radical (unpaired) electrons. The Labute approximate surface area is 185 Å². The molecule has 166 valence electrons. The molecule has 0 saturated carbocycles. The van der Waals surface area contributed by atoms with E-state index in [1.165, 1.54) is 0 Å². The maximum atomic E-state index is 12.4. The number of carbonyl (C=O) groups is 3. The van der Waals surface area contributed by atoms with Crippen molar-refractivity contribution in [2.45, 2.75) is 42.6 Å². The van der Waals surface area contributed by atoms with Crippen molar-refractivity contribution >= 4 is 35.4 Å². The van der Waals surface area contributed by atoms with Crippen LogP contribution >= 0.6 is 11.8 Å². The van der Waals surface area contributed by atoms with Crippen LogP contribution in [0.4, 0.5) is 10.5 Å². The summed E-state index contributed by atoms with van der Waals surface area (Å²) in [5.74, 6) is -1.31. The molecule has 1 unspecified atom stereocenters. The van der Waals surface area contributed by atoms with E-state index in [1.807, 2.05) is 30.3 Å². The second-order valence-electron chi connectivity index (χ2n) is 6.82. The highest BCUT2D eigenvalue weighted by atomic mass is 32.2. The van der Waals surface area contributed by atoms with E-state index in [4.69, 9.17) is 15.6 Å². The lowest BCUT2D eigenvalue weighted by atomic mass is 10.1. The number of alkyl carbamates (subject to hydrolysis) is 1. The maximum Gasteiger partial charge on any atom is 0.407 e. The van der Waals surface area contributed by atoms with Gasteiger partial charge in [0.25, 0.3) is 0 Å². The molecule has 0 spiro atoms. The predicted octanol–water partition coefficient (Wildman–Crippen LogP) is 3.22. The molecule has 2 aromatic carbocycles. The van der Waals surface area contributed by atoms with Gasteiger partial charge in [-0.25, -0.2) is 4.79 Å². The van der Waals surface area contributed by atoms with Crippen LogP contribution in [0.3, 0.4) is 0 Å². The number of ether oxygens (including phenoxy) is 1. The van der Waals surface area contributed by atoms with Crippen LogP contribution in [-0.2, 0) is 20.9 Å². The van der Waals surface area contributed by atoms with Gasteiger partial charge in [0.05, 0.1) is 11.7 Å². The topological polar surface area (TPSA) is 131 Å². The fourth-order valence-corrected chi connectivity index (χ4v) is 3.44. The van der Waals surface area contributed by atoms with Gasteiger partial charge in [-0.2, -0.15) is 0 Å². The van der Waals surface area contributed by atoms with Crippen LogP contribution in [0, 0.1) is 0 Å². The standard InChI is InChI=1S/C22H27N3O5S/c1-15(21(27)28)31-19-12-6-5-11-18(19)25-20(26)17(23)10-7-13-24-22(29)30-14-16-8-3-2-4-9-16/h2-6,8-9,11-12,15,17H,7,10,13-14,23H2,1H3,(H,24,29)(H,25,26)(H,27,28)/t15?,17-/m0/s1. The summed E-state index contributed by atoms with van der Waals surface area (Å²) < 4.78 is 5.12. The molecular weight excluding hydrogens is 418 g/mol. The first-order valence-electron chi connectivity index (χ1n) is 9.86. The number of carbonyl (C=O) groups excluding carboxylic acids is 2. The number of thioether (sulfide) groups is 1. The largest absolute Gasteiger partial charge is 0.480 e. The molecule has 0 aliphatic carbocycles. The summed E-state index contributed by atoms with van der Waals surface area (Å²) >= 11 is 1.14. The number of amides is 2. The van der Waals surface area contributed by atoms with E-state index in [2.05, 4.69) is 10.6 Å². The highest BCUT2D eigenvalue weighted by Gasteiger charge is 2.18. The van der Waals surface area contributed by atoms with E-state index in [-0.39, 0.29) is 12.5 Å². The Morgan fingerprint density at radius 3 is 2.48 bits per heavy atom. The fourth-order valence-electron chi connectivity index (χ4n) is 2.56. The van der Waals surface area contributed by atoms with E-state index in [1.54, 1.807) is 31.2 Å². The second kappa shape index (κ2) is 12.6. The van der Waals surface area contributed by atoms with Crippen molar-refractivity contribution in [3.63, 3.8) is 0 Å². The van der Waals surface area contributed by atoms with Gasteiger partial charge < -0.3 is 26.2 Å². The number of anilines is 1. The summed E-state index contributed by atoms with van der Waals surface area (Å²) in [6.45, 7) is 2.10. The molecular formula is C22H27N3O5S. The number of carboxylic acid groups (broad SMARTS) is 1. The van der Waals surface area contributed by atoms with Crippen LogP contribution in [0.25, 0.3) is 0 Å². The number of carboxylic acids is 1. The first-order chi connectivity index (χ1) is 14.9. The highest BCUT2D eigenvalue weighted by molar-refractivity contribution is 8.00. The zero-order valence-electron chi connectivity index (χ0n) is 17.2. The minimum Gasteiger partial charge on any atom is -0.480 e. The number of benzene rings is 2. The summed E-state index contributed by atoms with van der Waals surface area (Å²) in [5.41, 5.74) is 7.37. The van der Waals surface area contributed by atoms with Crippen molar-refractivity contribution in [1.82, 2.24) is 5.32 Å². The average Bonchev–Trinajstić information content (AvgIpc) is 2.77. The molecule has 5 N–H and O–H groups in total. The first kappa shape index (κ1) is 24.2. The second-order valence-corrected chi connectivity index (χ2v) is 8.20. The molecule has 0 bridgehead atoms. The zero-order valence-corrected chi connectivity index (χ0v) is 18.1. The van der Waals surface area contributed by atoms with E-state index in [0.29, 0.717) is 30.0 Å². The molecule has 0 fully saturated rings. The quantitative estimate of drug-likeness (QED) is 0.308. The van der Waals surface area contributed by atoms with Crippen LogP contribution in [0.15, 0.2) is 59.5 Å². The molecule has 2 amide bonds. The summed E-state index contributed by atoms with van der Waals surface area (Å²) in [7, 11) is 0. The van der Waals surface area contributed by atoms with Crippen molar-refractivity contribution in [2.24, 2.45) is 5.73 Å². The lowest BCUT2D eigenvalue weighted by molar-refractivity contribution is -0.136. The molecule has 2 aromatic rings. The van der Waals surface area contributed by atoms with E-state index < -0.39 is 23.4 Å². The zero-order chi connectivity index (χ0) is 22.6. The van der Waals surface area contributed by atoms with E-state index >= 15 is 0 Å². The number of hydrogen-bond acceptors (Lipinski definition) is 6. The predicted molar refractivity (Wildman–Crippen MR) is 120 cm³/mol. The summed E-state index contributed by atoms with van der Waals surface area (Å²) in [5, 5.41) is 13.8. The van der Waals surface area contributed by atoms with Gasteiger partial charge in [0.15, 0.2) is 0 Å². The molecule has 0 aliphatic rings. The van der Waals surface area contributed by atoms with Crippen molar-refractivity contribution in [3.05, 3.63) is 60.2 Å². The molecule has 0 aromatic heterocycles. The molecule has 0 aliphatic heterocycles. The van der Waals surface area contributed by atoms with E-state index in [9.17, 15) is 14.4 Å². The Morgan fingerprint density at radius 1 is 1.10 bits per heavy atom. The third kappa shape index (κ3) is 8.69. The molecule has 0 heterocycles. The van der Waals surface area contributed by atoms with Crippen LogP contribution in [0.5, 0.6) is 0 Å². The van der Waals surface area contributed by atoms with Crippen molar-refractivity contribution < 1.29 is 24.2 Å². The number of hydrogen-bond donors (Lipinski definition) is 4. The SMILES string of the molecule is CC(Sc1ccccc1NC(=O)[C@@H](N)CCCNC(=O)OCc1ccccc1)C(=O)O. The van der Waals surface area contributed by atoms with Crippen LogP contribution in [-0.4, -0.2) is 40.9 Å². The minimum atomic E-state index is -0.933. The van der Waals surface area contributed by atoms with Crippen molar-refractivity contribution in [1.29, 1.82) is 0 Å². The summed E-state index contributed by atoms with van der Waals surface area (Å²) in [6, 6.07) is 15.6. The first-order valence-corrected chi connectivity index (χ1v) is 10.7. The molecule has 8 nitrogen and oxygen atoms in total. The number of nitrogens with two attached hydrogens (primary N) is 1. The van der Waals surface area contributed by atoms with Gasteiger partial charge in [0.2, 0.25) is 5.91 Å². The van der Waals surface area contributed by atoms with Gasteiger partial charge in [-0.3, -0.25) is 9.59 Å². The Bertz CT molecular complexity index is 878. The van der Waals surface area contributed by atoms with Crippen molar-refractivity contribution in [2.75, 3.05) is 11.9 Å². The number of para-hydroxylation sites is 1. The Morgan fingerprint density at radius 2 is 1.77 bits per heavy atom. The average molecular weight is 446 g/mol. The molecule has 2 rings (SSSR count). The van der Waals surface area contributed by atoms with Gasteiger partial charge in [0, 0.05) is 11.4 Å². The lowest BCUT2D eigenvalue weighted by Gasteiger charge is -2.16. The van der Waals surface area contributed by atoms with Gasteiger partial charge in [0.1, 0.15) is 11.9 Å². The van der Waals surface area contributed by atoms with Crippen molar-refractivity contribution in [3.8, 4) is 0 Å². The molecule has 9 heteroatoms. The maximum absolute atomic E-state index is 12.4. The molecule has 31 heavy (non-hydrogen) atoms. The summed E-state index contributed by atoms with van der Waals surface area (Å²) in [6.07, 6.45) is 0.341. The van der Waals surface area contributed by atoms with Gasteiger partial charge in [-0.15, -0.1) is 11.8 Å². The van der Waals surface area contributed by atoms with Crippen LogP contribution in [0.2, 0.25) is 0 Å². The van der Waals surface area contributed by atoms with Crippen LogP contribution < -0.4 is 16.4 Å². The van der Waals surface area contributed by atoms with E-state index in [0.717, 1.165) is 17.3 Å². The Hall–Kier alpha value is -3.04.